The lowest BCUT2D eigenvalue weighted by atomic mass is 9.89. The van der Waals surface area contributed by atoms with Crippen molar-refractivity contribution in [2.24, 2.45) is 5.92 Å². The molecule has 66 heavy (non-hydrogen) atoms. The van der Waals surface area contributed by atoms with Gasteiger partial charge in [-0.3, -0.25) is 4.57 Å². The van der Waals surface area contributed by atoms with Gasteiger partial charge in [0.2, 0.25) is 5.95 Å². The largest absolute Gasteiger partial charge is 0.309 e. The highest BCUT2D eigenvalue weighted by Gasteiger charge is 2.27. The molecule has 0 radical (unpaired) electrons. The van der Waals surface area contributed by atoms with Crippen LogP contribution in [0.5, 0.6) is 0 Å². The lowest BCUT2D eigenvalue weighted by molar-refractivity contribution is 0.677. The summed E-state index contributed by atoms with van der Waals surface area (Å²) in [6, 6.07) is 60.5. The second-order valence-corrected chi connectivity index (χ2v) is 18.5. The zero-order chi connectivity index (χ0) is 43.5. The number of fused-ring (bicyclic) bond motifs is 11. The van der Waals surface area contributed by atoms with Gasteiger partial charge in [-0.15, -0.1) is 0 Å². The Hall–Kier alpha value is -8.08. The van der Waals surface area contributed by atoms with Crippen molar-refractivity contribution < 1.29 is 0 Å². The number of rotatable bonds is 5. The average Bonchev–Trinajstić information content (AvgIpc) is 4.04. The highest BCUT2D eigenvalue weighted by molar-refractivity contribution is 6.22. The molecule has 0 amide bonds. The molecule has 0 fully saturated rings. The van der Waals surface area contributed by atoms with Gasteiger partial charge in [0.05, 0.1) is 33.3 Å². The molecular weight excluding hydrogens is 801 g/mol. The predicted molar refractivity (Wildman–Crippen MR) is 276 cm³/mol. The molecule has 3 aromatic heterocycles. The van der Waals surface area contributed by atoms with E-state index in [-0.39, 0.29) is 0 Å². The maximum atomic E-state index is 5.47. The number of para-hydroxylation sites is 2. The van der Waals surface area contributed by atoms with Crippen LogP contribution in [0.4, 0.5) is 0 Å². The van der Waals surface area contributed by atoms with Gasteiger partial charge >= 0.3 is 0 Å². The first kappa shape index (κ1) is 37.3. The Balaban J connectivity index is 0.927. The molecule has 14 rings (SSSR count). The summed E-state index contributed by atoms with van der Waals surface area (Å²) in [6.45, 7) is 2.37. The molecule has 4 heteroatoms. The topological polar surface area (TPSA) is 35.6 Å². The number of hydrogen-bond acceptors (Lipinski definition) is 2. The molecule has 0 aliphatic heterocycles. The van der Waals surface area contributed by atoms with Crippen molar-refractivity contribution in [3.05, 3.63) is 216 Å². The van der Waals surface area contributed by atoms with Crippen LogP contribution in [0.2, 0.25) is 0 Å². The Bertz CT molecular complexity index is 4000. The number of benzene rings is 8. The minimum absolute atomic E-state index is 0.595. The van der Waals surface area contributed by atoms with E-state index < -0.39 is 0 Å². The molecule has 0 N–H and O–H groups in total. The smallest absolute Gasteiger partial charge is 0.235 e. The Morgan fingerprint density at radius 3 is 2.11 bits per heavy atom. The summed E-state index contributed by atoms with van der Waals surface area (Å²) >= 11 is 0. The molecule has 3 aliphatic rings. The standard InChI is InChI=1S/C62H44N4/c1-38-12-11-19-49-47-30-29-46(34-45(47)37-52(38)49)65-56-21-10-8-17-50(56)53-35-43(27-31-57(53)65)44-28-32-58-54(36-44)60-48-16-6-5-15-41(48)26-33-59(60)66(58)62-63-55-20-9-7-18-51(55)61(64-62)42-24-22-40(23-25-42)39-13-3-2-4-14-39/h2-3,5-11,13,15-36,38H,4,12,14,37H2,1H3. The lowest BCUT2D eigenvalue weighted by Crippen LogP contribution is -2.03. The van der Waals surface area contributed by atoms with Crippen molar-refractivity contribution in [2.75, 3.05) is 0 Å². The molecule has 11 aromatic rings. The van der Waals surface area contributed by atoms with Gasteiger partial charge in [-0.05, 0) is 136 Å². The summed E-state index contributed by atoms with van der Waals surface area (Å²) in [5.74, 6) is 1.26. The Labute approximate surface area is 382 Å². The van der Waals surface area contributed by atoms with Crippen LogP contribution in [0, 0.1) is 5.92 Å². The fraction of sp³-hybridized carbons (Fsp3) is 0.0968. The summed E-state index contributed by atoms with van der Waals surface area (Å²) in [4.78, 5) is 10.8. The molecular formula is C62H44N4. The molecule has 312 valence electrons. The second kappa shape index (κ2) is 14.5. The molecule has 0 spiro atoms. The maximum absolute atomic E-state index is 5.47. The third kappa shape index (κ3) is 5.64. The first-order valence-corrected chi connectivity index (χ1v) is 23.4. The fourth-order valence-corrected chi connectivity index (χ4v) is 11.5. The van der Waals surface area contributed by atoms with Crippen molar-refractivity contribution in [2.45, 2.75) is 32.6 Å². The van der Waals surface area contributed by atoms with Crippen molar-refractivity contribution in [1.82, 2.24) is 19.1 Å². The Morgan fingerprint density at radius 2 is 1.26 bits per heavy atom. The van der Waals surface area contributed by atoms with Crippen molar-refractivity contribution in [1.29, 1.82) is 0 Å². The van der Waals surface area contributed by atoms with Gasteiger partial charge in [-0.1, -0.05) is 152 Å². The third-order valence-electron chi connectivity index (χ3n) is 14.7. The number of allylic oxidation sites excluding steroid dienone is 8. The quantitative estimate of drug-likeness (QED) is 0.173. The molecule has 0 saturated heterocycles. The van der Waals surface area contributed by atoms with E-state index in [9.17, 15) is 0 Å². The van der Waals surface area contributed by atoms with E-state index in [1.807, 2.05) is 0 Å². The molecule has 3 aliphatic carbocycles. The zero-order valence-corrected chi connectivity index (χ0v) is 36.7. The minimum Gasteiger partial charge on any atom is -0.309 e. The van der Waals surface area contributed by atoms with Crippen molar-refractivity contribution in [3.63, 3.8) is 0 Å². The molecule has 1 unspecified atom stereocenters. The van der Waals surface area contributed by atoms with Gasteiger partial charge in [0.1, 0.15) is 0 Å². The van der Waals surface area contributed by atoms with Gasteiger partial charge in [-0.25, -0.2) is 9.97 Å². The van der Waals surface area contributed by atoms with Crippen molar-refractivity contribution >= 4 is 76.4 Å². The van der Waals surface area contributed by atoms with E-state index in [1.165, 1.54) is 88.0 Å². The molecule has 0 saturated carbocycles. The normalized spacial score (nSPS) is 15.8. The molecule has 4 nitrogen and oxygen atoms in total. The predicted octanol–water partition coefficient (Wildman–Crippen LogP) is 16.0. The summed E-state index contributed by atoms with van der Waals surface area (Å²) in [5.41, 5.74) is 19.6. The summed E-state index contributed by atoms with van der Waals surface area (Å²) < 4.78 is 4.74. The SMILES string of the molecule is CC1CC=CC2=C1Cc1cc(-n3c4ccccc4c4cc(-c5ccc6c(c5)c5c7ccccc7ccc5n6-c5nc(-c6ccc(C7=CC=CCC7)cc6)c6ccccc6n5)ccc43)ccc12. The highest BCUT2D eigenvalue weighted by atomic mass is 15.2. The van der Waals surface area contributed by atoms with E-state index in [1.54, 1.807) is 5.57 Å². The summed E-state index contributed by atoms with van der Waals surface area (Å²) in [6.07, 6.45) is 15.7. The maximum Gasteiger partial charge on any atom is 0.235 e. The van der Waals surface area contributed by atoms with Crippen LogP contribution in [-0.2, 0) is 6.42 Å². The van der Waals surface area contributed by atoms with E-state index >= 15 is 0 Å². The number of aromatic nitrogens is 4. The number of hydrogen-bond donors (Lipinski definition) is 0. The Kier molecular flexibility index (Phi) is 8.18. The number of nitrogens with zero attached hydrogens (tertiary/aromatic N) is 4. The monoisotopic (exact) mass is 844 g/mol. The molecule has 8 aromatic carbocycles. The molecule has 0 bridgehead atoms. The van der Waals surface area contributed by atoms with Gasteiger partial charge < -0.3 is 4.57 Å². The van der Waals surface area contributed by atoms with E-state index in [0.717, 1.165) is 58.9 Å². The summed E-state index contributed by atoms with van der Waals surface area (Å²) in [5, 5.41) is 8.36. The van der Waals surface area contributed by atoms with E-state index in [4.69, 9.17) is 9.97 Å². The second-order valence-electron chi connectivity index (χ2n) is 18.5. The lowest BCUT2D eigenvalue weighted by Gasteiger charge is -2.16. The van der Waals surface area contributed by atoms with Crippen LogP contribution in [0.1, 0.15) is 42.9 Å². The van der Waals surface area contributed by atoms with Crippen LogP contribution in [0.15, 0.2) is 200 Å². The fourth-order valence-electron chi connectivity index (χ4n) is 11.5. The van der Waals surface area contributed by atoms with E-state index in [2.05, 4.69) is 210 Å². The average molecular weight is 845 g/mol. The van der Waals surface area contributed by atoms with Gasteiger partial charge in [-0.2, -0.15) is 0 Å². The van der Waals surface area contributed by atoms with Gasteiger partial charge in [0, 0.05) is 38.2 Å². The van der Waals surface area contributed by atoms with Gasteiger partial charge in [0.15, 0.2) is 0 Å². The molecule has 1 atom stereocenters. The Morgan fingerprint density at radius 1 is 0.545 bits per heavy atom. The van der Waals surface area contributed by atoms with E-state index in [0.29, 0.717) is 11.9 Å². The summed E-state index contributed by atoms with van der Waals surface area (Å²) in [7, 11) is 0. The molecule has 3 heterocycles. The van der Waals surface area contributed by atoms with Crippen LogP contribution < -0.4 is 0 Å². The van der Waals surface area contributed by atoms with Crippen LogP contribution in [0.3, 0.4) is 0 Å². The first-order valence-electron chi connectivity index (χ1n) is 23.4. The van der Waals surface area contributed by atoms with Crippen LogP contribution in [0.25, 0.3) is 110 Å². The highest BCUT2D eigenvalue weighted by Crippen LogP contribution is 2.44. The van der Waals surface area contributed by atoms with Crippen molar-refractivity contribution in [3.8, 4) is 34.0 Å². The minimum atomic E-state index is 0.595. The van der Waals surface area contributed by atoms with Crippen LogP contribution in [-0.4, -0.2) is 19.1 Å². The first-order chi connectivity index (χ1) is 32.6. The third-order valence-corrected chi connectivity index (χ3v) is 14.7. The zero-order valence-electron chi connectivity index (χ0n) is 36.7. The van der Waals surface area contributed by atoms with Crippen LogP contribution >= 0.6 is 0 Å². The van der Waals surface area contributed by atoms with Gasteiger partial charge in [0.25, 0.3) is 0 Å².